The van der Waals surface area contributed by atoms with Gasteiger partial charge in [0.2, 0.25) is 0 Å². The molecule has 0 amide bonds. The minimum absolute atomic E-state index is 0.00156. The highest BCUT2D eigenvalue weighted by Gasteiger charge is 2.23. The van der Waals surface area contributed by atoms with Gasteiger partial charge in [-0.2, -0.15) is 0 Å². The molecule has 2 aromatic rings. The summed E-state index contributed by atoms with van der Waals surface area (Å²) in [5.41, 5.74) is 2.34. The number of likely N-dealkylation sites (N-methyl/N-ethyl adjacent to an activating group) is 1. The molecule has 2 unspecified atom stereocenters. The summed E-state index contributed by atoms with van der Waals surface area (Å²) in [5, 5.41) is 10.8. The summed E-state index contributed by atoms with van der Waals surface area (Å²) < 4.78 is 0. The fourth-order valence-electron chi connectivity index (χ4n) is 2.96. The fourth-order valence-corrected chi connectivity index (χ4v) is 4.11. The molecule has 0 spiro atoms. The first-order chi connectivity index (χ1) is 12.0. The van der Waals surface area contributed by atoms with Crippen LogP contribution in [0.4, 0.5) is 0 Å². The molecule has 136 valence electrons. The summed E-state index contributed by atoms with van der Waals surface area (Å²) in [7, 11) is 4.00. The number of aliphatic hydroxyl groups is 1. The van der Waals surface area contributed by atoms with Crippen LogP contribution in [0.2, 0.25) is 0 Å². The van der Waals surface area contributed by atoms with Crippen LogP contribution in [0.15, 0.2) is 59.5 Å². The second kappa shape index (κ2) is 10.0. The van der Waals surface area contributed by atoms with Gasteiger partial charge in [-0.3, -0.25) is 0 Å². The van der Waals surface area contributed by atoms with Gasteiger partial charge in [0.1, 0.15) is 0 Å². The molecule has 2 nitrogen and oxygen atoms in total. The highest BCUT2D eigenvalue weighted by Crippen LogP contribution is 2.30. The lowest BCUT2D eigenvalue weighted by Gasteiger charge is -2.26. The van der Waals surface area contributed by atoms with E-state index in [4.69, 9.17) is 0 Å². The lowest BCUT2D eigenvalue weighted by atomic mass is 9.86. The smallest absolute Gasteiger partial charge is 0.0775 e. The Bertz CT molecular complexity index is 610. The van der Waals surface area contributed by atoms with Crippen LogP contribution in [-0.2, 0) is 0 Å². The molecule has 2 atom stereocenters. The lowest BCUT2D eigenvalue weighted by molar-refractivity contribution is 0.121. The van der Waals surface area contributed by atoms with Crippen molar-refractivity contribution in [3.63, 3.8) is 0 Å². The summed E-state index contributed by atoms with van der Waals surface area (Å²) in [6.45, 7) is 5.17. The Hall–Kier alpha value is -1.29. The average molecular weight is 358 g/mol. The molecule has 0 aliphatic heterocycles. The lowest BCUT2D eigenvalue weighted by Crippen LogP contribution is -2.31. The van der Waals surface area contributed by atoms with Gasteiger partial charge in [0.05, 0.1) is 6.10 Å². The summed E-state index contributed by atoms with van der Waals surface area (Å²) >= 11 is 1.91. The quantitative estimate of drug-likeness (QED) is 0.647. The number of hydrogen-bond acceptors (Lipinski definition) is 3. The van der Waals surface area contributed by atoms with Crippen molar-refractivity contribution < 1.29 is 5.11 Å². The normalized spacial score (nSPS) is 14.0. The molecule has 0 aromatic heterocycles. The molecule has 0 aliphatic rings. The van der Waals surface area contributed by atoms with Crippen molar-refractivity contribution in [2.24, 2.45) is 5.92 Å². The summed E-state index contributed by atoms with van der Waals surface area (Å²) in [6.07, 6.45) is 0.803. The van der Waals surface area contributed by atoms with Crippen molar-refractivity contribution >= 4 is 11.8 Å². The van der Waals surface area contributed by atoms with Gasteiger partial charge in [-0.25, -0.2) is 0 Å². The summed E-state index contributed by atoms with van der Waals surface area (Å²) in [5.74, 6) is 1.90. The molecule has 25 heavy (non-hydrogen) atoms. The van der Waals surface area contributed by atoms with E-state index in [-0.39, 0.29) is 5.92 Å². The van der Waals surface area contributed by atoms with Crippen molar-refractivity contribution in [1.82, 2.24) is 4.90 Å². The molecule has 0 saturated heterocycles. The SMILES string of the molecule is CC(C)CCSc1ccc(C(c2ccccc2)C(O)CN(C)C)cc1. The van der Waals surface area contributed by atoms with E-state index >= 15 is 0 Å². The zero-order valence-corrected chi connectivity index (χ0v) is 16.7. The van der Waals surface area contributed by atoms with Crippen LogP contribution in [0, 0.1) is 5.92 Å². The van der Waals surface area contributed by atoms with Gasteiger partial charge in [0, 0.05) is 17.4 Å². The largest absolute Gasteiger partial charge is 0.391 e. The highest BCUT2D eigenvalue weighted by molar-refractivity contribution is 7.99. The van der Waals surface area contributed by atoms with Crippen molar-refractivity contribution in [2.75, 3.05) is 26.4 Å². The fraction of sp³-hybridized carbons (Fsp3) is 0.455. The van der Waals surface area contributed by atoms with Crippen LogP contribution in [-0.4, -0.2) is 42.5 Å². The highest BCUT2D eigenvalue weighted by atomic mass is 32.2. The Labute approximate surface area is 157 Å². The maximum atomic E-state index is 10.8. The molecule has 0 aliphatic carbocycles. The molecule has 0 saturated carbocycles. The van der Waals surface area contributed by atoms with Gasteiger partial charge in [0.25, 0.3) is 0 Å². The predicted molar refractivity (Wildman–Crippen MR) is 109 cm³/mol. The second-order valence-electron chi connectivity index (χ2n) is 7.32. The number of benzene rings is 2. The van der Waals surface area contributed by atoms with Crippen LogP contribution >= 0.6 is 11.8 Å². The van der Waals surface area contributed by atoms with E-state index in [0.29, 0.717) is 6.54 Å². The standard InChI is InChI=1S/C22H31NOS/c1-17(2)14-15-25-20-12-10-19(11-13-20)22(21(24)16-23(3)4)18-8-6-5-7-9-18/h5-13,17,21-22,24H,14-16H2,1-4H3. The first kappa shape index (κ1) is 20.0. The minimum Gasteiger partial charge on any atom is -0.391 e. The van der Waals surface area contributed by atoms with Crippen molar-refractivity contribution in [2.45, 2.75) is 37.2 Å². The molecular formula is C22H31NOS. The first-order valence-electron chi connectivity index (χ1n) is 9.08. The van der Waals surface area contributed by atoms with Gasteiger partial charge in [-0.1, -0.05) is 56.3 Å². The number of hydrogen-bond donors (Lipinski definition) is 1. The zero-order chi connectivity index (χ0) is 18.2. The molecule has 2 aromatic carbocycles. The van der Waals surface area contributed by atoms with Crippen molar-refractivity contribution in [1.29, 1.82) is 0 Å². The van der Waals surface area contributed by atoms with Gasteiger partial charge in [-0.05, 0) is 55.4 Å². The second-order valence-corrected chi connectivity index (χ2v) is 8.49. The van der Waals surface area contributed by atoms with Crippen molar-refractivity contribution in [3.05, 3.63) is 65.7 Å². The maximum absolute atomic E-state index is 10.8. The van der Waals surface area contributed by atoms with E-state index in [2.05, 4.69) is 50.2 Å². The van der Waals surface area contributed by atoms with Crippen LogP contribution in [0.1, 0.15) is 37.3 Å². The van der Waals surface area contributed by atoms with Gasteiger partial charge in [0.15, 0.2) is 0 Å². The monoisotopic (exact) mass is 357 g/mol. The Morgan fingerprint density at radius 2 is 1.52 bits per heavy atom. The van der Waals surface area contributed by atoms with E-state index in [1.54, 1.807) is 0 Å². The Kier molecular flexibility index (Phi) is 8.01. The third-order valence-electron chi connectivity index (χ3n) is 4.30. The van der Waals surface area contributed by atoms with Crippen LogP contribution < -0.4 is 0 Å². The average Bonchev–Trinajstić information content (AvgIpc) is 2.56. The Balaban J connectivity index is 2.16. The first-order valence-corrected chi connectivity index (χ1v) is 10.1. The van der Waals surface area contributed by atoms with Gasteiger partial charge in [-0.15, -0.1) is 11.8 Å². The number of nitrogens with zero attached hydrogens (tertiary/aromatic N) is 1. The molecule has 0 heterocycles. The van der Waals surface area contributed by atoms with E-state index in [0.717, 1.165) is 17.2 Å². The summed E-state index contributed by atoms with van der Waals surface area (Å²) in [6, 6.07) is 19.1. The molecule has 0 bridgehead atoms. The maximum Gasteiger partial charge on any atom is 0.0775 e. The Morgan fingerprint density at radius 3 is 2.08 bits per heavy atom. The van der Waals surface area contributed by atoms with E-state index in [1.807, 2.05) is 49.0 Å². The van der Waals surface area contributed by atoms with Gasteiger partial charge < -0.3 is 10.0 Å². The molecule has 0 fully saturated rings. The third-order valence-corrected chi connectivity index (χ3v) is 5.34. The summed E-state index contributed by atoms with van der Waals surface area (Å²) in [4.78, 5) is 3.34. The zero-order valence-electron chi connectivity index (χ0n) is 15.9. The topological polar surface area (TPSA) is 23.5 Å². The van der Waals surface area contributed by atoms with Crippen LogP contribution in [0.25, 0.3) is 0 Å². The molecule has 3 heteroatoms. The number of rotatable bonds is 9. The molecule has 0 radical (unpaired) electrons. The Morgan fingerprint density at radius 1 is 0.920 bits per heavy atom. The predicted octanol–water partition coefficient (Wildman–Crippen LogP) is 4.88. The number of aliphatic hydroxyl groups excluding tert-OH is 1. The van der Waals surface area contributed by atoms with E-state index in [1.165, 1.54) is 16.9 Å². The van der Waals surface area contributed by atoms with Crippen molar-refractivity contribution in [3.8, 4) is 0 Å². The van der Waals surface area contributed by atoms with Gasteiger partial charge >= 0.3 is 0 Å². The van der Waals surface area contributed by atoms with Crippen LogP contribution in [0.5, 0.6) is 0 Å². The van der Waals surface area contributed by atoms with E-state index < -0.39 is 6.10 Å². The number of thioether (sulfide) groups is 1. The molecule has 2 rings (SSSR count). The van der Waals surface area contributed by atoms with Crippen LogP contribution in [0.3, 0.4) is 0 Å². The third kappa shape index (κ3) is 6.50. The molecular weight excluding hydrogens is 326 g/mol. The minimum atomic E-state index is -0.433. The molecule has 1 N–H and O–H groups in total. The van der Waals surface area contributed by atoms with E-state index in [9.17, 15) is 5.11 Å².